The largest absolute Gasteiger partial charge is 0.436 e. The fraction of sp³-hybridized carbons (Fsp3) is 0.647. The van der Waals surface area contributed by atoms with Gasteiger partial charge in [0.2, 0.25) is 5.76 Å². The van der Waals surface area contributed by atoms with Crippen LogP contribution in [0.5, 0.6) is 0 Å². The fourth-order valence-corrected chi connectivity index (χ4v) is 2.81. The van der Waals surface area contributed by atoms with Gasteiger partial charge in [-0.15, -0.1) is 5.92 Å². The van der Waals surface area contributed by atoms with E-state index in [9.17, 15) is 4.79 Å². The number of aryl methyl sites for hydroxylation is 2. The summed E-state index contributed by atoms with van der Waals surface area (Å²) in [5.74, 6) is 7.47. The minimum Gasteiger partial charge on any atom is -0.436 e. The number of carbonyl (C=O) groups is 1. The molecule has 0 aromatic carbocycles. The Labute approximate surface area is 132 Å². The molecule has 2 rings (SSSR count). The lowest BCUT2D eigenvalue weighted by molar-refractivity contribution is 0.0905. The Bertz CT molecular complexity index is 568. The molecule has 0 spiro atoms. The normalized spacial score (nSPS) is 18.6. The summed E-state index contributed by atoms with van der Waals surface area (Å²) in [5.41, 5.74) is 0.648. The lowest BCUT2D eigenvalue weighted by Crippen LogP contribution is -2.41. The number of nitrogens with one attached hydrogen (secondary N) is 1. The average molecular weight is 303 g/mol. The number of oxazole rings is 1. The zero-order valence-corrected chi connectivity index (χ0v) is 13.7. The Hall–Kier alpha value is -1.80. The molecule has 1 unspecified atom stereocenters. The molecule has 1 aromatic rings. The molecular weight excluding hydrogens is 278 g/mol. The van der Waals surface area contributed by atoms with E-state index in [0.29, 0.717) is 29.8 Å². The van der Waals surface area contributed by atoms with Gasteiger partial charge in [-0.1, -0.05) is 12.8 Å². The molecule has 120 valence electrons. The summed E-state index contributed by atoms with van der Waals surface area (Å²) in [6, 6.07) is 0. The van der Waals surface area contributed by atoms with E-state index in [-0.39, 0.29) is 5.91 Å². The molecule has 5 heteroatoms. The molecule has 1 N–H and O–H groups in total. The van der Waals surface area contributed by atoms with Gasteiger partial charge in [0.15, 0.2) is 5.89 Å². The van der Waals surface area contributed by atoms with E-state index in [4.69, 9.17) is 4.42 Å². The molecule has 0 bridgehead atoms. The summed E-state index contributed by atoms with van der Waals surface area (Å²) < 4.78 is 5.35. The van der Waals surface area contributed by atoms with Crippen molar-refractivity contribution in [3.05, 3.63) is 17.3 Å². The molecule has 0 saturated carbocycles. The minimum absolute atomic E-state index is 0.166. The highest BCUT2D eigenvalue weighted by molar-refractivity contribution is 5.92. The van der Waals surface area contributed by atoms with Crippen LogP contribution in [-0.4, -0.2) is 42.0 Å². The maximum Gasteiger partial charge on any atom is 0.289 e. The van der Waals surface area contributed by atoms with Gasteiger partial charge in [0.05, 0.1) is 12.2 Å². The second-order valence-corrected chi connectivity index (χ2v) is 5.81. The van der Waals surface area contributed by atoms with Crippen molar-refractivity contribution >= 4 is 5.91 Å². The molecule has 0 aliphatic carbocycles. The lowest BCUT2D eigenvalue weighted by atomic mass is 9.98. The molecular formula is C17H25N3O2. The van der Waals surface area contributed by atoms with Crippen molar-refractivity contribution in [1.29, 1.82) is 0 Å². The van der Waals surface area contributed by atoms with Crippen molar-refractivity contribution < 1.29 is 9.21 Å². The third-order valence-electron chi connectivity index (χ3n) is 3.87. The number of hydrogen-bond acceptors (Lipinski definition) is 4. The van der Waals surface area contributed by atoms with Crippen LogP contribution in [0.25, 0.3) is 0 Å². The quantitative estimate of drug-likeness (QED) is 0.866. The zero-order chi connectivity index (χ0) is 15.9. The number of aromatic nitrogens is 1. The smallest absolute Gasteiger partial charge is 0.289 e. The van der Waals surface area contributed by atoms with Crippen LogP contribution < -0.4 is 5.32 Å². The van der Waals surface area contributed by atoms with Crippen LogP contribution in [0, 0.1) is 31.6 Å². The summed E-state index contributed by atoms with van der Waals surface area (Å²) in [6.45, 7) is 9.21. The second-order valence-electron chi connectivity index (χ2n) is 5.81. The van der Waals surface area contributed by atoms with Gasteiger partial charge in [-0.05, 0) is 32.2 Å². The topological polar surface area (TPSA) is 58.4 Å². The number of piperidine rings is 1. The first kappa shape index (κ1) is 16.6. The number of likely N-dealkylation sites (tertiary alicyclic amines) is 1. The first-order chi connectivity index (χ1) is 10.6. The molecule has 5 nitrogen and oxygen atoms in total. The van der Waals surface area contributed by atoms with Crippen LogP contribution in [0.2, 0.25) is 0 Å². The molecule has 2 heterocycles. The van der Waals surface area contributed by atoms with Crippen LogP contribution >= 0.6 is 0 Å². The van der Waals surface area contributed by atoms with Crippen LogP contribution in [0.4, 0.5) is 0 Å². The number of amides is 1. The highest BCUT2D eigenvalue weighted by Gasteiger charge is 2.21. The van der Waals surface area contributed by atoms with E-state index < -0.39 is 0 Å². The first-order valence-electron chi connectivity index (χ1n) is 8.00. The van der Waals surface area contributed by atoms with Gasteiger partial charge in [0.25, 0.3) is 5.91 Å². The van der Waals surface area contributed by atoms with Gasteiger partial charge in [0.1, 0.15) is 0 Å². The third kappa shape index (κ3) is 4.60. The lowest BCUT2D eigenvalue weighted by Gasteiger charge is -2.31. The highest BCUT2D eigenvalue weighted by Crippen LogP contribution is 2.16. The number of nitrogens with zero attached hydrogens (tertiary/aromatic N) is 2. The Kier molecular flexibility index (Phi) is 6.02. The predicted molar refractivity (Wildman–Crippen MR) is 85.5 cm³/mol. The molecule has 1 aliphatic heterocycles. The molecule has 1 saturated heterocycles. The van der Waals surface area contributed by atoms with Gasteiger partial charge in [-0.3, -0.25) is 9.69 Å². The molecule has 1 fully saturated rings. The Morgan fingerprint density at radius 3 is 2.95 bits per heavy atom. The number of rotatable bonds is 4. The van der Waals surface area contributed by atoms with E-state index in [1.165, 1.54) is 0 Å². The van der Waals surface area contributed by atoms with Crippen LogP contribution in [0.15, 0.2) is 4.42 Å². The summed E-state index contributed by atoms with van der Waals surface area (Å²) in [4.78, 5) is 18.6. The van der Waals surface area contributed by atoms with Crippen LogP contribution in [0.1, 0.15) is 48.3 Å². The van der Waals surface area contributed by atoms with Crippen LogP contribution in [-0.2, 0) is 0 Å². The average Bonchev–Trinajstić information content (AvgIpc) is 2.84. The minimum atomic E-state index is -0.166. The Morgan fingerprint density at radius 1 is 1.45 bits per heavy atom. The molecule has 1 amide bonds. The number of hydrogen-bond donors (Lipinski definition) is 1. The van der Waals surface area contributed by atoms with E-state index in [1.54, 1.807) is 13.8 Å². The molecule has 0 radical (unpaired) electrons. The van der Waals surface area contributed by atoms with Crippen molar-refractivity contribution in [2.75, 3.05) is 26.2 Å². The Balaban J connectivity index is 1.81. The van der Waals surface area contributed by atoms with Crippen molar-refractivity contribution in [1.82, 2.24) is 15.2 Å². The highest BCUT2D eigenvalue weighted by atomic mass is 16.4. The standard InChI is InChI=1S/C17H25N3O2/c1-4-5-6-9-20-10-7-8-15(12-20)11-18-17(21)16-13(2)19-14(3)22-16/h15H,4,7-12H2,1-3H3,(H,18,21). The number of carbonyl (C=O) groups excluding carboxylic acids is 1. The monoisotopic (exact) mass is 303 g/mol. The van der Waals surface area contributed by atoms with Crippen molar-refractivity contribution in [2.45, 2.75) is 40.0 Å². The summed E-state index contributed by atoms with van der Waals surface area (Å²) in [6.07, 6.45) is 3.21. The molecule has 1 atom stereocenters. The predicted octanol–water partition coefficient (Wildman–Crippen LogP) is 2.15. The van der Waals surface area contributed by atoms with Gasteiger partial charge < -0.3 is 9.73 Å². The van der Waals surface area contributed by atoms with E-state index in [2.05, 4.69) is 34.0 Å². The maximum absolute atomic E-state index is 12.1. The van der Waals surface area contributed by atoms with Crippen molar-refractivity contribution in [2.24, 2.45) is 5.92 Å². The molecule has 1 aromatic heterocycles. The molecule has 22 heavy (non-hydrogen) atoms. The SMILES string of the molecule is CCC#CCN1CCCC(CNC(=O)c2oc(C)nc2C)C1. The summed E-state index contributed by atoms with van der Waals surface area (Å²) in [7, 11) is 0. The maximum atomic E-state index is 12.1. The van der Waals surface area contributed by atoms with Gasteiger partial charge in [-0.25, -0.2) is 4.98 Å². The summed E-state index contributed by atoms with van der Waals surface area (Å²) in [5, 5.41) is 2.98. The van der Waals surface area contributed by atoms with E-state index in [0.717, 1.165) is 38.9 Å². The first-order valence-corrected chi connectivity index (χ1v) is 8.00. The summed E-state index contributed by atoms with van der Waals surface area (Å²) >= 11 is 0. The van der Waals surface area contributed by atoms with Gasteiger partial charge >= 0.3 is 0 Å². The van der Waals surface area contributed by atoms with Crippen molar-refractivity contribution in [3.8, 4) is 11.8 Å². The van der Waals surface area contributed by atoms with Gasteiger partial charge in [-0.2, -0.15) is 0 Å². The van der Waals surface area contributed by atoms with Crippen LogP contribution in [0.3, 0.4) is 0 Å². The van der Waals surface area contributed by atoms with Gasteiger partial charge in [0, 0.05) is 26.4 Å². The third-order valence-corrected chi connectivity index (χ3v) is 3.87. The fourth-order valence-electron chi connectivity index (χ4n) is 2.81. The van der Waals surface area contributed by atoms with E-state index >= 15 is 0 Å². The molecule has 1 aliphatic rings. The van der Waals surface area contributed by atoms with Crippen molar-refractivity contribution in [3.63, 3.8) is 0 Å². The second kappa shape index (κ2) is 8.00. The zero-order valence-electron chi connectivity index (χ0n) is 13.7. The van der Waals surface area contributed by atoms with E-state index in [1.807, 2.05) is 0 Å². The Morgan fingerprint density at radius 2 is 2.27 bits per heavy atom.